The van der Waals surface area contributed by atoms with Crippen molar-refractivity contribution < 1.29 is 4.39 Å². The van der Waals surface area contributed by atoms with Crippen molar-refractivity contribution >= 4 is 23.4 Å². The van der Waals surface area contributed by atoms with Gasteiger partial charge in [-0.3, -0.25) is 0 Å². The number of benzene rings is 2. The number of rotatable bonds is 6. The third-order valence-corrected chi connectivity index (χ3v) is 4.62. The molecule has 0 aliphatic rings. The first-order valence-corrected chi connectivity index (χ1v) is 8.34. The van der Waals surface area contributed by atoms with Crippen LogP contribution in [0.3, 0.4) is 0 Å². The molecule has 0 bridgehead atoms. The van der Waals surface area contributed by atoms with Gasteiger partial charge in [0.1, 0.15) is 5.82 Å². The molecule has 4 heteroatoms. The Kier molecular flexibility index (Phi) is 6.09. The molecule has 112 valence electrons. The molecule has 0 saturated carbocycles. The molecule has 0 fully saturated rings. The normalized spacial score (nSPS) is 12.4. The Labute approximate surface area is 134 Å². The maximum absolute atomic E-state index is 13.4. The van der Waals surface area contributed by atoms with Gasteiger partial charge in [-0.2, -0.15) is 0 Å². The van der Waals surface area contributed by atoms with E-state index in [9.17, 15) is 4.39 Å². The van der Waals surface area contributed by atoms with Crippen LogP contribution in [0, 0.1) is 12.7 Å². The van der Waals surface area contributed by atoms with E-state index in [1.54, 1.807) is 24.8 Å². The smallest absolute Gasteiger partial charge is 0.126 e. The summed E-state index contributed by atoms with van der Waals surface area (Å²) in [6.45, 7) is 4.76. The van der Waals surface area contributed by atoms with E-state index in [0.717, 1.165) is 22.9 Å². The van der Waals surface area contributed by atoms with Crippen molar-refractivity contribution in [3.05, 3.63) is 64.4 Å². The van der Waals surface area contributed by atoms with Crippen LogP contribution in [-0.2, 0) is 0 Å². The van der Waals surface area contributed by atoms with Crippen LogP contribution in [0.2, 0.25) is 5.02 Å². The van der Waals surface area contributed by atoms with Crippen LogP contribution in [0.4, 0.5) is 4.39 Å². The lowest BCUT2D eigenvalue weighted by atomic mass is 10.1. The van der Waals surface area contributed by atoms with Crippen LogP contribution in [0.15, 0.2) is 47.4 Å². The maximum atomic E-state index is 13.4. The van der Waals surface area contributed by atoms with Crippen molar-refractivity contribution in [3.63, 3.8) is 0 Å². The van der Waals surface area contributed by atoms with Crippen LogP contribution in [0.1, 0.15) is 24.1 Å². The minimum atomic E-state index is -0.153. The van der Waals surface area contributed by atoms with Crippen LogP contribution in [0.5, 0.6) is 0 Å². The summed E-state index contributed by atoms with van der Waals surface area (Å²) in [7, 11) is 0. The standard InChI is InChI=1S/C17H19ClFNS/c1-3-20-17(13-4-9-16(19)12(2)10-13)11-21-15-7-5-14(18)6-8-15/h4-10,17,20H,3,11H2,1-2H3. The van der Waals surface area contributed by atoms with Gasteiger partial charge in [0, 0.05) is 21.7 Å². The summed E-state index contributed by atoms with van der Waals surface area (Å²) < 4.78 is 13.4. The molecule has 2 rings (SSSR count). The number of nitrogens with one attached hydrogen (secondary N) is 1. The molecule has 0 aliphatic carbocycles. The molecule has 0 radical (unpaired) electrons. The van der Waals surface area contributed by atoms with E-state index in [1.165, 1.54) is 4.90 Å². The molecule has 1 N–H and O–H groups in total. The molecule has 0 amide bonds. The van der Waals surface area contributed by atoms with Gasteiger partial charge in [0.2, 0.25) is 0 Å². The summed E-state index contributed by atoms with van der Waals surface area (Å²) in [5.41, 5.74) is 1.81. The van der Waals surface area contributed by atoms with E-state index >= 15 is 0 Å². The average molecular weight is 324 g/mol. The van der Waals surface area contributed by atoms with Crippen molar-refractivity contribution in [2.24, 2.45) is 0 Å². The Balaban J connectivity index is 2.07. The fourth-order valence-corrected chi connectivity index (χ4v) is 3.24. The zero-order valence-corrected chi connectivity index (χ0v) is 13.8. The summed E-state index contributed by atoms with van der Waals surface area (Å²) in [4.78, 5) is 1.18. The van der Waals surface area contributed by atoms with Gasteiger partial charge in [-0.05, 0) is 54.9 Å². The third kappa shape index (κ3) is 4.73. The maximum Gasteiger partial charge on any atom is 0.126 e. The molecule has 0 saturated heterocycles. The number of hydrogen-bond acceptors (Lipinski definition) is 2. The predicted molar refractivity (Wildman–Crippen MR) is 89.7 cm³/mol. The summed E-state index contributed by atoms with van der Waals surface area (Å²) in [5.74, 6) is 0.736. The largest absolute Gasteiger partial charge is 0.309 e. The summed E-state index contributed by atoms with van der Waals surface area (Å²) >= 11 is 7.66. The zero-order chi connectivity index (χ0) is 15.2. The van der Waals surface area contributed by atoms with E-state index in [0.29, 0.717) is 5.56 Å². The van der Waals surface area contributed by atoms with Gasteiger partial charge < -0.3 is 5.32 Å². The summed E-state index contributed by atoms with van der Waals surface area (Å²) in [5, 5.41) is 4.20. The SMILES string of the molecule is CCNC(CSc1ccc(Cl)cc1)c1ccc(F)c(C)c1. The fraction of sp³-hybridized carbons (Fsp3) is 0.294. The van der Waals surface area contributed by atoms with Gasteiger partial charge >= 0.3 is 0 Å². The monoisotopic (exact) mass is 323 g/mol. The summed E-state index contributed by atoms with van der Waals surface area (Å²) in [6, 6.07) is 13.4. The lowest BCUT2D eigenvalue weighted by Gasteiger charge is -2.18. The van der Waals surface area contributed by atoms with Gasteiger partial charge in [0.25, 0.3) is 0 Å². The van der Waals surface area contributed by atoms with Crippen LogP contribution in [-0.4, -0.2) is 12.3 Å². The van der Waals surface area contributed by atoms with Crippen LogP contribution >= 0.6 is 23.4 Å². The Morgan fingerprint density at radius 3 is 2.52 bits per heavy atom. The zero-order valence-electron chi connectivity index (χ0n) is 12.2. The first-order valence-electron chi connectivity index (χ1n) is 6.98. The number of aryl methyl sites for hydroxylation is 1. The lowest BCUT2D eigenvalue weighted by molar-refractivity contribution is 0.594. The van der Waals surface area contributed by atoms with Crippen molar-refractivity contribution in [3.8, 4) is 0 Å². The first-order chi connectivity index (χ1) is 10.1. The van der Waals surface area contributed by atoms with Gasteiger partial charge in [-0.15, -0.1) is 11.8 Å². The average Bonchev–Trinajstić information content (AvgIpc) is 2.48. The highest BCUT2D eigenvalue weighted by Crippen LogP contribution is 2.26. The quantitative estimate of drug-likeness (QED) is 0.730. The second-order valence-corrected chi connectivity index (χ2v) is 6.41. The second-order valence-electron chi connectivity index (χ2n) is 4.88. The van der Waals surface area contributed by atoms with Crippen molar-refractivity contribution in [2.75, 3.05) is 12.3 Å². The van der Waals surface area contributed by atoms with Gasteiger partial charge in [0.05, 0.1) is 0 Å². The number of hydrogen-bond donors (Lipinski definition) is 1. The molecular weight excluding hydrogens is 305 g/mol. The van der Waals surface area contributed by atoms with Crippen LogP contribution in [0.25, 0.3) is 0 Å². The van der Waals surface area contributed by atoms with Gasteiger partial charge in [-0.1, -0.05) is 30.7 Å². The number of thioether (sulfide) groups is 1. The minimum absolute atomic E-state index is 0.153. The molecule has 1 unspecified atom stereocenters. The molecule has 2 aromatic rings. The van der Waals surface area contributed by atoms with E-state index in [4.69, 9.17) is 11.6 Å². The molecule has 1 nitrogen and oxygen atoms in total. The van der Waals surface area contributed by atoms with Gasteiger partial charge in [-0.25, -0.2) is 4.39 Å². The molecule has 0 heterocycles. The molecule has 1 atom stereocenters. The van der Waals surface area contributed by atoms with E-state index in [1.807, 2.05) is 36.4 Å². The topological polar surface area (TPSA) is 12.0 Å². The molecular formula is C17H19ClFNS. The molecule has 0 spiro atoms. The van der Waals surface area contributed by atoms with E-state index < -0.39 is 0 Å². The Morgan fingerprint density at radius 2 is 1.90 bits per heavy atom. The van der Waals surface area contributed by atoms with Gasteiger partial charge in [0.15, 0.2) is 0 Å². The molecule has 2 aromatic carbocycles. The fourth-order valence-electron chi connectivity index (χ4n) is 2.11. The van der Waals surface area contributed by atoms with Crippen molar-refractivity contribution in [1.29, 1.82) is 0 Å². The minimum Gasteiger partial charge on any atom is -0.309 e. The molecule has 0 aromatic heterocycles. The summed E-state index contributed by atoms with van der Waals surface area (Å²) in [6.07, 6.45) is 0. The number of halogens is 2. The Hall–Kier alpha value is -1.03. The van der Waals surface area contributed by atoms with Crippen molar-refractivity contribution in [1.82, 2.24) is 5.32 Å². The van der Waals surface area contributed by atoms with E-state index in [2.05, 4.69) is 12.2 Å². The lowest BCUT2D eigenvalue weighted by Crippen LogP contribution is -2.23. The predicted octanol–water partition coefficient (Wildman–Crippen LogP) is 5.23. The van der Waals surface area contributed by atoms with Crippen molar-refractivity contribution in [2.45, 2.75) is 24.8 Å². The second kappa shape index (κ2) is 7.83. The highest BCUT2D eigenvalue weighted by Gasteiger charge is 2.12. The first kappa shape index (κ1) is 16.3. The third-order valence-electron chi connectivity index (χ3n) is 3.27. The Morgan fingerprint density at radius 1 is 1.19 bits per heavy atom. The Bertz CT molecular complexity index is 586. The van der Waals surface area contributed by atoms with Crippen LogP contribution < -0.4 is 5.32 Å². The molecule has 21 heavy (non-hydrogen) atoms. The highest BCUT2D eigenvalue weighted by molar-refractivity contribution is 7.99. The van der Waals surface area contributed by atoms with E-state index in [-0.39, 0.29) is 11.9 Å². The molecule has 0 aliphatic heterocycles. The highest BCUT2D eigenvalue weighted by atomic mass is 35.5.